The highest BCUT2D eigenvalue weighted by molar-refractivity contribution is 8.03. The first kappa shape index (κ1) is 16.6. The highest BCUT2D eigenvalue weighted by atomic mass is 32.2. The number of thiazole rings is 1. The van der Waals surface area contributed by atoms with E-state index in [9.17, 15) is 5.11 Å². The van der Waals surface area contributed by atoms with Crippen molar-refractivity contribution in [3.05, 3.63) is 58.1 Å². The molecule has 128 valence electrons. The molecule has 0 saturated heterocycles. The molecule has 25 heavy (non-hydrogen) atoms. The monoisotopic (exact) mass is 369 g/mol. The van der Waals surface area contributed by atoms with Crippen LogP contribution in [0.3, 0.4) is 0 Å². The van der Waals surface area contributed by atoms with Gasteiger partial charge in [0.1, 0.15) is 11.3 Å². The average Bonchev–Trinajstić information content (AvgIpc) is 3.13. The van der Waals surface area contributed by atoms with Gasteiger partial charge in [-0.2, -0.15) is 4.57 Å². The number of nitrogens with zero attached hydrogens (tertiary/aromatic N) is 2. The molecule has 4 rings (SSSR count). The number of aliphatic hydroxyl groups excluding tert-OH is 1. The van der Waals surface area contributed by atoms with Gasteiger partial charge in [0.15, 0.2) is 6.54 Å². The number of para-hydroxylation sites is 1. The van der Waals surface area contributed by atoms with Crippen molar-refractivity contribution in [2.75, 3.05) is 18.1 Å². The normalized spacial score (nSPS) is 15.3. The van der Waals surface area contributed by atoms with Gasteiger partial charge in [-0.3, -0.25) is 0 Å². The minimum atomic E-state index is 0.144. The number of hydrogen-bond donors (Lipinski definition) is 1. The maximum atomic E-state index is 9.50. The summed E-state index contributed by atoms with van der Waals surface area (Å²) in [7, 11) is 0. The van der Waals surface area contributed by atoms with Crippen LogP contribution in [0.1, 0.15) is 17.5 Å². The third-order valence-corrected chi connectivity index (χ3v) is 6.62. The Labute approximate surface area is 156 Å². The van der Waals surface area contributed by atoms with E-state index in [0.717, 1.165) is 6.54 Å². The molecule has 0 unspecified atom stereocenters. The fourth-order valence-corrected chi connectivity index (χ4v) is 5.70. The Morgan fingerprint density at radius 2 is 2.04 bits per heavy atom. The van der Waals surface area contributed by atoms with Crippen LogP contribution >= 0.6 is 23.1 Å². The van der Waals surface area contributed by atoms with E-state index >= 15 is 0 Å². The van der Waals surface area contributed by atoms with E-state index in [4.69, 9.17) is 0 Å². The minimum absolute atomic E-state index is 0.144. The maximum absolute atomic E-state index is 9.50. The molecule has 0 atom stereocenters. The van der Waals surface area contributed by atoms with Crippen LogP contribution in [0.25, 0.3) is 16.3 Å². The summed E-state index contributed by atoms with van der Waals surface area (Å²) in [6, 6.07) is 15.1. The zero-order valence-corrected chi connectivity index (χ0v) is 16.0. The Bertz CT molecular complexity index is 961. The topological polar surface area (TPSA) is 27.4 Å². The van der Waals surface area contributed by atoms with Crippen LogP contribution in [0, 0.1) is 6.92 Å². The van der Waals surface area contributed by atoms with Crippen LogP contribution in [-0.4, -0.2) is 18.3 Å². The van der Waals surface area contributed by atoms with Gasteiger partial charge >= 0.3 is 0 Å². The van der Waals surface area contributed by atoms with Crippen LogP contribution < -0.4 is 9.47 Å². The van der Waals surface area contributed by atoms with Crippen molar-refractivity contribution in [1.29, 1.82) is 0 Å². The molecule has 0 radical (unpaired) electrons. The fraction of sp³-hybridized carbons (Fsp3) is 0.250. The SMILES string of the molecule is CCN1C(=Cc2sc3ccccc3[n+]2CCO)Sc2cc(C)ccc21. The Morgan fingerprint density at radius 1 is 1.20 bits per heavy atom. The molecular formula is C20H21N2OS2+. The van der Waals surface area contributed by atoms with Gasteiger partial charge in [-0.15, -0.1) is 0 Å². The summed E-state index contributed by atoms with van der Waals surface area (Å²) in [4.78, 5) is 3.69. The molecule has 1 N–H and O–H groups in total. The molecule has 0 spiro atoms. The summed E-state index contributed by atoms with van der Waals surface area (Å²) in [5, 5.41) is 11.9. The van der Waals surface area contributed by atoms with Gasteiger partial charge in [-0.1, -0.05) is 41.3 Å². The number of rotatable bonds is 4. The smallest absolute Gasteiger partial charge is 0.265 e. The highest BCUT2D eigenvalue weighted by Crippen LogP contribution is 2.47. The maximum Gasteiger partial charge on any atom is 0.265 e. The standard InChI is InChI=1S/C20H21N2OS2/c1-3-21-16-9-8-14(2)12-18(16)25-19(21)13-20-22(10-11-23)15-6-4-5-7-17(15)24-20/h4-9,12-13,23H,3,10-11H2,1-2H3/q+1. The van der Waals surface area contributed by atoms with E-state index in [1.54, 1.807) is 11.3 Å². The van der Waals surface area contributed by atoms with Crippen molar-refractivity contribution >= 4 is 45.1 Å². The van der Waals surface area contributed by atoms with Crippen molar-refractivity contribution in [2.45, 2.75) is 25.3 Å². The molecular weight excluding hydrogens is 348 g/mol. The van der Waals surface area contributed by atoms with Crippen LogP contribution in [0.4, 0.5) is 5.69 Å². The second-order valence-electron chi connectivity index (χ2n) is 6.08. The lowest BCUT2D eigenvalue weighted by atomic mass is 10.2. The van der Waals surface area contributed by atoms with E-state index in [-0.39, 0.29) is 6.61 Å². The van der Waals surface area contributed by atoms with Crippen LogP contribution in [0.5, 0.6) is 0 Å². The van der Waals surface area contributed by atoms with Gasteiger partial charge in [-0.25, -0.2) is 0 Å². The van der Waals surface area contributed by atoms with Crippen LogP contribution in [0.15, 0.2) is 52.4 Å². The van der Waals surface area contributed by atoms with E-state index < -0.39 is 0 Å². The Kier molecular flexibility index (Phi) is 4.54. The summed E-state index contributed by atoms with van der Waals surface area (Å²) >= 11 is 3.61. The fourth-order valence-electron chi connectivity index (χ4n) is 3.24. The van der Waals surface area contributed by atoms with E-state index in [1.807, 2.05) is 11.8 Å². The molecule has 0 amide bonds. The molecule has 3 nitrogen and oxygen atoms in total. The summed E-state index contributed by atoms with van der Waals surface area (Å²) in [6.45, 7) is 6.04. The van der Waals surface area contributed by atoms with Crippen molar-refractivity contribution < 1.29 is 9.67 Å². The third-order valence-electron chi connectivity index (χ3n) is 4.41. The number of anilines is 1. The Balaban J connectivity index is 1.81. The first-order valence-electron chi connectivity index (χ1n) is 8.51. The zero-order chi connectivity index (χ0) is 17.4. The second kappa shape index (κ2) is 6.83. The van der Waals surface area contributed by atoms with Crippen molar-refractivity contribution in [1.82, 2.24) is 0 Å². The largest absolute Gasteiger partial charge is 0.390 e. The zero-order valence-electron chi connectivity index (χ0n) is 14.4. The molecule has 1 aromatic heterocycles. The van der Waals surface area contributed by atoms with Crippen LogP contribution in [-0.2, 0) is 6.54 Å². The summed E-state index contributed by atoms with van der Waals surface area (Å²) in [6.07, 6.45) is 2.27. The van der Waals surface area contributed by atoms with E-state index in [1.165, 1.54) is 36.4 Å². The number of fused-ring (bicyclic) bond motifs is 2. The molecule has 2 aromatic carbocycles. The molecule has 0 fully saturated rings. The molecule has 0 saturated carbocycles. The van der Waals surface area contributed by atoms with Crippen LogP contribution in [0.2, 0.25) is 0 Å². The minimum Gasteiger partial charge on any atom is -0.390 e. The molecule has 5 heteroatoms. The van der Waals surface area contributed by atoms with Gasteiger partial charge < -0.3 is 10.0 Å². The first-order valence-corrected chi connectivity index (χ1v) is 10.1. The predicted octanol–water partition coefficient (Wildman–Crippen LogP) is 4.42. The second-order valence-corrected chi connectivity index (χ2v) is 8.21. The quantitative estimate of drug-likeness (QED) is 0.690. The summed E-state index contributed by atoms with van der Waals surface area (Å²) in [5.74, 6) is 0. The first-order chi connectivity index (χ1) is 12.2. The number of hydrogen-bond acceptors (Lipinski definition) is 4. The lowest BCUT2D eigenvalue weighted by Crippen LogP contribution is -2.37. The van der Waals surface area contributed by atoms with E-state index in [2.05, 4.69) is 71.9 Å². The number of aryl methyl sites for hydroxylation is 1. The lowest BCUT2D eigenvalue weighted by Gasteiger charge is -2.17. The van der Waals surface area contributed by atoms with Crippen molar-refractivity contribution in [3.8, 4) is 0 Å². The number of benzene rings is 2. The molecule has 1 aliphatic heterocycles. The summed E-state index contributed by atoms with van der Waals surface area (Å²) < 4.78 is 3.47. The molecule has 3 aromatic rings. The predicted molar refractivity (Wildman–Crippen MR) is 107 cm³/mol. The number of aliphatic hydroxyl groups is 1. The van der Waals surface area contributed by atoms with E-state index in [0.29, 0.717) is 6.54 Å². The average molecular weight is 370 g/mol. The third kappa shape index (κ3) is 2.97. The van der Waals surface area contributed by atoms with Crippen molar-refractivity contribution in [2.24, 2.45) is 0 Å². The lowest BCUT2D eigenvalue weighted by molar-refractivity contribution is -0.670. The Morgan fingerprint density at radius 3 is 2.84 bits per heavy atom. The van der Waals surface area contributed by atoms with Gasteiger partial charge in [0, 0.05) is 17.5 Å². The summed E-state index contributed by atoms with van der Waals surface area (Å²) in [5.41, 5.74) is 3.77. The van der Waals surface area contributed by atoms with Gasteiger partial charge in [-0.05, 0) is 37.6 Å². The van der Waals surface area contributed by atoms with Gasteiger partial charge in [0.25, 0.3) is 5.01 Å². The molecule has 1 aliphatic rings. The van der Waals surface area contributed by atoms with Gasteiger partial charge in [0.2, 0.25) is 5.52 Å². The highest BCUT2D eigenvalue weighted by Gasteiger charge is 2.26. The number of thioether (sulfide) groups is 1. The molecule has 0 aliphatic carbocycles. The Hall–Kier alpha value is -1.82. The molecule has 0 bridgehead atoms. The van der Waals surface area contributed by atoms with Crippen molar-refractivity contribution in [3.63, 3.8) is 0 Å². The van der Waals surface area contributed by atoms with Gasteiger partial charge in [0.05, 0.1) is 16.8 Å². The molecule has 2 heterocycles. The number of aromatic nitrogens is 1.